The maximum Gasteiger partial charge on any atom is 0.256 e. The average Bonchev–Trinajstić information content (AvgIpc) is 2.79. The van der Waals surface area contributed by atoms with Crippen LogP contribution in [0.3, 0.4) is 0 Å². The van der Waals surface area contributed by atoms with Crippen LogP contribution in [0.2, 0.25) is 8.67 Å². The van der Waals surface area contributed by atoms with Gasteiger partial charge in [0.25, 0.3) is 5.22 Å². The smallest absolute Gasteiger partial charge is 0.256 e. The lowest BCUT2D eigenvalue weighted by molar-refractivity contribution is 0.102. The molecule has 96 valence electrons. The van der Waals surface area contributed by atoms with Gasteiger partial charge in [0.2, 0.25) is 0 Å². The molecule has 0 aliphatic carbocycles. The highest BCUT2D eigenvalue weighted by Crippen LogP contribution is 2.32. The molecular weight excluding hydrogens is 313 g/mol. The van der Waals surface area contributed by atoms with Crippen molar-refractivity contribution in [2.24, 2.45) is 0 Å². The van der Waals surface area contributed by atoms with Crippen LogP contribution in [0.25, 0.3) is 0 Å². The molecule has 0 N–H and O–H groups in total. The number of nitrogens with zero attached hydrogens (tertiary/aromatic N) is 1. The molecule has 0 spiro atoms. The van der Waals surface area contributed by atoms with E-state index in [1.165, 1.54) is 23.1 Å². The number of halogens is 2. The highest BCUT2D eigenvalue weighted by molar-refractivity contribution is 7.99. The molecule has 0 bridgehead atoms. The van der Waals surface area contributed by atoms with Crippen LogP contribution in [0, 0.1) is 13.8 Å². The Balaban J connectivity index is 2.02. The maximum atomic E-state index is 11.9. The van der Waals surface area contributed by atoms with Gasteiger partial charge in [0.1, 0.15) is 10.1 Å². The molecule has 0 aromatic carbocycles. The zero-order chi connectivity index (χ0) is 13.3. The average molecular weight is 322 g/mol. The van der Waals surface area contributed by atoms with Gasteiger partial charge in [0, 0.05) is 5.56 Å². The van der Waals surface area contributed by atoms with Gasteiger partial charge in [0.05, 0.1) is 15.8 Å². The Hall–Kier alpha value is -0.490. The molecule has 3 nitrogen and oxygen atoms in total. The summed E-state index contributed by atoms with van der Waals surface area (Å²) in [6, 6.07) is 1.59. The van der Waals surface area contributed by atoms with E-state index in [4.69, 9.17) is 27.6 Å². The van der Waals surface area contributed by atoms with E-state index in [0.29, 0.717) is 19.5 Å². The molecule has 0 saturated heterocycles. The second-order valence-corrected chi connectivity index (χ2v) is 6.78. The molecule has 18 heavy (non-hydrogen) atoms. The van der Waals surface area contributed by atoms with Crippen molar-refractivity contribution >= 4 is 52.1 Å². The first-order chi connectivity index (χ1) is 8.47. The molecule has 2 rings (SSSR count). The molecule has 0 amide bonds. The van der Waals surface area contributed by atoms with Crippen LogP contribution in [0.15, 0.2) is 15.7 Å². The van der Waals surface area contributed by atoms with Gasteiger partial charge in [-0.15, -0.1) is 11.3 Å². The van der Waals surface area contributed by atoms with Crippen LogP contribution >= 0.6 is 46.3 Å². The summed E-state index contributed by atoms with van der Waals surface area (Å²) < 4.78 is 6.31. The van der Waals surface area contributed by atoms with E-state index in [1.54, 1.807) is 6.07 Å². The molecule has 2 aromatic rings. The number of ketones is 1. The number of oxazole rings is 1. The van der Waals surface area contributed by atoms with E-state index in [2.05, 4.69) is 4.98 Å². The van der Waals surface area contributed by atoms with Crippen molar-refractivity contribution in [3.8, 4) is 0 Å². The fraction of sp³-hybridized carbons (Fsp3) is 0.273. The fourth-order valence-electron chi connectivity index (χ4n) is 1.24. The summed E-state index contributed by atoms with van der Waals surface area (Å²) in [5.74, 6) is 0.912. The third-order valence-electron chi connectivity index (χ3n) is 2.29. The number of thioether (sulfide) groups is 1. The molecule has 0 saturated carbocycles. The molecule has 0 atom stereocenters. The zero-order valence-corrected chi connectivity index (χ0v) is 12.8. The van der Waals surface area contributed by atoms with Gasteiger partial charge in [-0.3, -0.25) is 4.79 Å². The van der Waals surface area contributed by atoms with Crippen molar-refractivity contribution in [1.82, 2.24) is 4.98 Å². The van der Waals surface area contributed by atoms with Gasteiger partial charge in [-0.1, -0.05) is 35.0 Å². The summed E-state index contributed by atoms with van der Waals surface area (Å²) in [4.78, 5) is 16.1. The Morgan fingerprint density at radius 3 is 2.72 bits per heavy atom. The molecule has 2 aromatic heterocycles. The first kappa shape index (κ1) is 13.9. The maximum absolute atomic E-state index is 11.9. The van der Waals surface area contributed by atoms with E-state index in [-0.39, 0.29) is 11.5 Å². The second kappa shape index (κ2) is 5.65. The summed E-state index contributed by atoms with van der Waals surface area (Å²) in [6.45, 7) is 3.70. The Morgan fingerprint density at radius 2 is 2.22 bits per heavy atom. The van der Waals surface area contributed by atoms with E-state index in [1.807, 2.05) is 13.8 Å². The minimum atomic E-state index is -0.0818. The molecule has 2 heterocycles. The normalized spacial score (nSPS) is 10.9. The molecule has 7 heteroatoms. The second-order valence-electron chi connectivity index (χ2n) is 3.57. The van der Waals surface area contributed by atoms with Gasteiger partial charge in [-0.05, 0) is 19.9 Å². The predicted octanol–water partition coefficient (Wildman–Crippen LogP) is 4.63. The first-order valence-corrected chi connectivity index (χ1v) is 7.58. The van der Waals surface area contributed by atoms with Crippen LogP contribution in [-0.4, -0.2) is 16.5 Å². The highest BCUT2D eigenvalue weighted by Gasteiger charge is 2.16. The van der Waals surface area contributed by atoms with Gasteiger partial charge in [-0.2, -0.15) is 0 Å². The lowest BCUT2D eigenvalue weighted by atomic mass is 10.2. The molecule has 0 unspecified atom stereocenters. The van der Waals surface area contributed by atoms with Crippen LogP contribution in [0.1, 0.15) is 21.8 Å². The van der Waals surface area contributed by atoms with Crippen molar-refractivity contribution < 1.29 is 9.21 Å². The fourth-order valence-corrected chi connectivity index (χ4v) is 3.53. The Kier molecular flexibility index (Phi) is 4.37. The molecule has 0 aliphatic heterocycles. The molecular formula is C11H9Cl2NO2S2. The predicted molar refractivity (Wildman–Crippen MR) is 75.4 cm³/mol. The van der Waals surface area contributed by atoms with Crippen molar-refractivity contribution in [3.63, 3.8) is 0 Å². The molecule has 0 radical (unpaired) electrons. The number of hydrogen-bond donors (Lipinski definition) is 0. The number of aryl methyl sites for hydroxylation is 2. The van der Waals surface area contributed by atoms with Gasteiger partial charge < -0.3 is 4.42 Å². The first-order valence-electron chi connectivity index (χ1n) is 5.02. The van der Waals surface area contributed by atoms with E-state index in [0.717, 1.165) is 11.5 Å². The SMILES string of the molecule is Cc1nc(SCC(=O)c2cc(Cl)sc2Cl)oc1C. The Bertz CT molecular complexity index is 572. The summed E-state index contributed by atoms with van der Waals surface area (Å²) in [5.41, 5.74) is 1.29. The number of thiophene rings is 1. The third kappa shape index (κ3) is 3.09. The number of Topliss-reactive ketones (excluding diaryl/α,β-unsaturated/α-hetero) is 1. The number of carbonyl (C=O) groups is 1. The van der Waals surface area contributed by atoms with Crippen LogP contribution in [0.4, 0.5) is 0 Å². The third-order valence-corrected chi connectivity index (χ3v) is 4.61. The minimum Gasteiger partial charge on any atom is -0.437 e. The van der Waals surface area contributed by atoms with Crippen LogP contribution < -0.4 is 0 Å². The van der Waals surface area contributed by atoms with E-state index in [9.17, 15) is 4.79 Å². The van der Waals surface area contributed by atoms with E-state index < -0.39 is 0 Å². The largest absolute Gasteiger partial charge is 0.437 e. The van der Waals surface area contributed by atoms with Gasteiger partial charge in [-0.25, -0.2) is 4.98 Å². The lowest BCUT2D eigenvalue weighted by Gasteiger charge is -1.96. The lowest BCUT2D eigenvalue weighted by Crippen LogP contribution is -2.01. The summed E-state index contributed by atoms with van der Waals surface area (Å²) in [6.07, 6.45) is 0. The topological polar surface area (TPSA) is 43.1 Å². The highest BCUT2D eigenvalue weighted by atomic mass is 35.5. The summed E-state index contributed by atoms with van der Waals surface area (Å²) in [5, 5.41) is 0.496. The van der Waals surface area contributed by atoms with Gasteiger partial charge in [0.15, 0.2) is 5.78 Å². The summed E-state index contributed by atoms with van der Waals surface area (Å²) >= 11 is 14.2. The molecule has 0 aliphatic rings. The van der Waals surface area contributed by atoms with E-state index >= 15 is 0 Å². The standard InChI is InChI=1S/C11H9Cl2NO2S2/c1-5-6(2)16-11(14-5)17-4-8(15)7-3-9(12)18-10(7)13/h3H,4H2,1-2H3. The van der Waals surface area contributed by atoms with Crippen LogP contribution in [-0.2, 0) is 0 Å². The number of hydrogen-bond acceptors (Lipinski definition) is 5. The zero-order valence-electron chi connectivity index (χ0n) is 9.62. The Morgan fingerprint density at radius 1 is 1.50 bits per heavy atom. The number of aromatic nitrogens is 1. The summed E-state index contributed by atoms with van der Waals surface area (Å²) in [7, 11) is 0. The quantitative estimate of drug-likeness (QED) is 0.608. The number of carbonyl (C=O) groups excluding carboxylic acids is 1. The van der Waals surface area contributed by atoms with Crippen molar-refractivity contribution in [2.45, 2.75) is 19.1 Å². The molecule has 0 fully saturated rings. The Labute approximate surface area is 122 Å². The number of rotatable bonds is 4. The minimum absolute atomic E-state index is 0.0818. The van der Waals surface area contributed by atoms with Gasteiger partial charge >= 0.3 is 0 Å². The van der Waals surface area contributed by atoms with Crippen molar-refractivity contribution in [1.29, 1.82) is 0 Å². The van der Waals surface area contributed by atoms with Crippen molar-refractivity contribution in [3.05, 3.63) is 31.8 Å². The monoisotopic (exact) mass is 321 g/mol. The van der Waals surface area contributed by atoms with Crippen molar-refractivity contribution in [2.75, 3.05) is 5.75 Å². The van der Waals surface area contributed by atoms with Crippen LogP contribution in [0.5, 0.6) is 0 Å².